The SMILES string of the molecule is CCCn1ncc(Br)c1C(NC)c1ncn[nH]1. The Balaban J connectivity index is 2.39. The molecule has 2 aromatic rings. The molecule has 0 aromatic carbocycles. The fourth-order valence-electron chi connectivity index (χ4n) is 1.81. The molecule has 2 aromatic heterocycles. The van der Waals surface area contributed by atoms with Crippen molar-refractivity contribution in [3.8, 4) is 0 Å². The standard InChI is InChI=1S/C10H15BrN6/c1-3-4-17-9(7(11)5-15-17)8(12-2)10-13-6-14-16-10/h5-6,8,12H,3-4H2,1-2H3,(H,13,14,16). The van der Waals surface area contributed by atoms with Crippen LogP contribution in [-0.4, -0.2) is 32.0 Å². The molecule has 92 valence electrons. The van der Waals surface area contributed by atoms with Crippen molar-refractivity contribution in [1.29, 1.82) is 0 Å². The number of aromatic nitrogens is 5. The fraction of sp³-hybridized carbons (Fsp3) is 0.500. The average molecular weight is 299 g/mol. The highest BCUT2D eigenvalue weighted by atomic mass is 79.9. The second-order valence-corrected chi connectivity index (χ2v) is 4.55. The Bertz CT molecular complexity index is 463. The van der Waals surface area contributed by atoms with Crippen molar-refractivity contribution in [2.45, 2.75) is 25.9 Å². The van der Waals surface area contributed by atoms with E-state index in [0.29, 0.717) is 0 Å². The van der Waals surface area contributed by atoms with Gasteiger partial charge < -0.3 is 5.32 Å². The van der Waals surface area contributed by atoms with Crippen LogP contribution in [0, 0.1) is 0 Å². The van der Waals surface area contributed by atoms with E-state index in [2.05, 4.69) is 48.5 Å². The molecule has 0 spiro atoms. The van der Waals surface area contributed by atoms with Crippen LogP contribution in [0.2, 0.25) is 0 Å². The fourth-order valence-corrected chi connectivity index (χ4v) is 2.33. The Labute approximate surface area is 108 Å². The van der Waals surface area contributed by atoms with Crippen molar-refractivity contribution in [3.63, 3.8) is 0 Å². The number of halogens is 1. The molecule has 6 nitrogen and oxygen atoms in total. The van der Waals surface area contributed by atoms with E-state index >= 15 is 0 Å². The van der Waals surface area contributed by atoms with Gasteiger partial charge in [-0.3, -0.25) is 9.78 Å². The molecule has 0 aliphatic heterocycles. The first-order valence-corrected chi connectivity index (χ1v) is 6.31. The van der Waals surface area contributed by atoms with Crippen molar-refractivity contribution >= 4 is 15.9 Å². The van der Waals surface area contributed by atoms with E-state index in [-0.39, 0.29) is 6.04 Å². The minimum absolute atomic E-state index is 0.0408. The molecular weight excluding hydrogens is 284 g/mol. The molecule has 0 aliphatic rings. The van der Waals surface area contributed by atoms with Gasteiger partial charge in [0.1, 0.15) is 18.2 Å². The highest BCUT2D eigenvalue weighted by Crippen LogP contribution is 2.26. The summed E-state index contributed by atoms with van der Waals surface area (Å²) in [5.74, 6) is 0.783. The van der Waals surface area contributed by atoms with Gasteiger partial charge in [0.15, 0.2) is 0 Å². The van der Waals surface area contributed by atoms with Crippen LogP contribution in [-0.2, 0) is 6.54 Å². The molecule has 0 aliphatic carbocycles. The molecule has 1 atom stereocenters. The highest BCUT2D eigenvalue weighted by Gasteiger charge is 2.22. The molecule has 0 fully saturated rings. The normalized spacial score (nSPS) is 12.9. The minimum Gasteiger partial charge on any atom is -0.305 e. The third-order valence-electron chi connectivity index (χ3n) is 2.54. The Morgan fingerprint density at radius 3 is 3.00 bits per heavy atom. The lowest BCUT2D eigenvalue weighted by molar-refractivity contribution is 0.522. The highest BCUT2D eigenvalue weighted by molar-refractivity contribution is 9.10. The van der Waals surface area contributed by atoms with Gasteiger partial charge in [0.2, 0.25) is 0 Å². The van der Waals surface area contributed by atoms with E-state index < -0.39 is 0 Å². The van der Waals surface area contributed by atoms with Crippen LogP contribution in [0.25, 0.3) is 0 Å². The van der Waals surface area contributed by atoms with Gasteiger partial charge in [-0.15, -0.1) is 0 Å². The lowest BCUT2D eigenvalue weighted by atomic mass is 10.2. The molecule has 1 unspecified atom stereocenters. The summed E-state index contributed by atoms with van der Waals surface area (Å²) in [5, 5.41) is 14.3. The topological polar surface area (TPSA) is 71.4 Å². The number of rotatable bonds is 5. The van der Waals surface area contributed by atoms with Gasteiger partial charge in [0.25, 0.3) is 0 Å². The number of H-pyrrole nitrogens is 1. The molecule has 0 amide bonds. The molecule has 0 bridgehead atoms. The summed E-state index contributed by atoms with van der Waals surface area (Å²) in [6, 6.07) is -0.0408. The van der Waals surface area contributed by atoms with Gasteiger partial charge in [-0.25, -0.2) is 4.98 Å². The quantitative estimate of drug-likeness (QED) is 0.877. The lowest BCUT2D eigenvalue weighted by Crippen LogP contribution is -2.23. The lowest BCUT2D eigenvalue weighted by Gasteiger charge is -2.16. The van der Waals surface area contributed by atoms with Crippen molar-refractivity contribution in [2.75, 3.05) is 7.05 Å². The van der Waals surface area contributed by atoms with Gasteiger partial charge >= 0.3 is 0 Å². The van der Waals surface area contributed by atoms with Crippen molar-refractivity contribution in [3.05, 3.63) is 28.5 Å². The average Bonchev–Trinajstić information content (AvgIpc) is 2.94. The molecular formula is C10H15BrN6. The van der Waals surface area contributed by atoms with E-state index in [0.717, 1.165) is 29.0 Å². The van der Waals surface area contributed by atoms with Gasteiger partial charge in [-0.2, -0.15) is 10.2 Å². The first-order chi connectivity index (χ1) is 8.27. The smallest absolute Gasteiger partial charge is 0.147 e. The van der Waals surface area contributed by atoms with Crippen LogP contribution < -0.4 is 5.32 Å². The van der Waals surface area contributed by atoms with Crippen molar-refractivity contribution < 1.29 is 0 Å². The number of aryl methyl sites for hydroxylation is 1. The van der Waals surface area contributed by atoms with Crippen molar-refractivity contribution in [1.82, 2.24) is 30.3 Å². The van der Waals surface area contributed by atoms with Crippen LogP contribution in [0.3, 0.4) is 0 Å². The summed E-state index contributed by atoms with van der Waals surface area (Å²) in [6.07, 6.45) is 4.35. The number of hydrogen-bond acceptors (Lipinski definition) is 4. The van der Waals surface area contributed by atoms with E-state index in [9.17, 15) is 0 Å². The monoisotopic (exact) mass is 298 g/mol. The van der Waals surface area contributed by atoms with Gasteiger partial charge in [-0.05, 0) is 29.4 Å². The maximum Gasteiger partial charge on any atom is 0.147 e. The summed E-state index contributed by atoms with van der Waals surface area (Å²) in [6.45, 7) is 3.01. The maximum atomic E-state index is 4.35. The molecule has 2 rings (SSSR count). The van der Waals surface area contributed by atoms with Gasteiger partial charge in [0.05, 0.1) is 16.4 Å². The Morgan fingerprint density at radius 2 is 2.41 bits per heavy atom. The predicted octanol–water partition coefficient (Wildman–Crippen LogP) is 1.48. The Morgan fingerprint density at radius 1 is 1.59 bits per heavy atom. The Hall–Kier alpha value is -1.21. The third kappa shape index (κ3) is 2.39. The molecule has 0 radical (unpaired) electrons. The van der Waals surface area contributed by atoms with E-state index in [1.807, 2.05) is 17.9 Å². The zero-order valence-corrected chi connectivity index (χ0v) is 11.4. The number of nitrogens with one attached hydrogen (secondary N) is 2. The molecule has 0 saturated carbocycles. The number of hydrogen-bond donors (Lipinski definition) is 2. The number of aromatic amines is 1. The number of nitrogens with zero attached hydrogens (tertiary/aromatic N) is 4. The summed E-state index contributed by atoms with van der Waals surface area (Å²) in [5.41, 5.74) is 1.06. The molecule has 2 N–H and O–H groups in total. The zero-order valence-electron chi connectivity index (χ0n) is 9.81. The second kappa shape index (κ2) is 5.42. The maximum absolute atomic E-state index is 4.35. The zero-order chi connectivity index (χ0) is 12.3. The van der Waals surface area contributed by atoms with E-state index in [4.69, 9.17) is 0 Å². The Kier molecular flexibility index (Phi) is 3.90. The van der Waals surface area contributed by atoms with E-state index in [1.165, 1.54) is 6.33 Å². The van der Waals surface area contributed by atoms with Crippen LogP contribution in [0.15, 0.2) is 17.0 Å². The van der Waals surface area contributed by atoms with Crippen LogP contribution in [0.5, 0.6) is 0 Å². The predicted molar refractivity (Wildman–Crippen MR) is 67.5 cm³/mol. The largest absolute Gasteiger partial charge is 0.305 e. The van der Waals surface area contributed by atoms with Crippen molar-refractivity contribution in [2.24, 2.45) is 0 Å². The third-order valence-corrected chi connectivity index (χ3v) is 3.15. The molecule has 17 heavy (non-hydrogen) atoms. The van der Waals surface area contributed by atoms with Gasteiger partial charge in [0, 0.05) is 6.54 Å². The summed E-state index contributed by atoms with van der Waals surface area (Å²) in [7, 11) is 1.89. The summed E-state index contributed by atoms with van der Waals surface area (Å²) < 4.78 is 2.95. The summed E-state index contributed by atoms with van der Waals surface area (Å²) in [4.78, 5) is 4.19. The molecule has 7 heteroatoms. The van der Waals surface area contributed by atoms with Gasteiger partial charge in [-0.1, -0.05) is 6.92 Å². The first-order valence-electron chi connectivity index (χ1n) is 5.51. The molecule has 0 saturated heterocycles. The second-order valence-electron chi connectivity index (χ2n) is 3.69. The van der Waals surface area contributed by atoms with Crippen LogP contribution in [0.4, 0.5) is 0 Å². The molecule has 2 heterocycles. The summed E-state index contributed by atoms with van der Waals surface area (Å²) >= 11 is 3.53. The first kappa shape index (κ1) is 12.3. The van der Waals surface area contributed by atoms with Crippen LogP contribution in [0.1, 0.15) is 30.9 Å². The minimum atomic E-state index is -0.0408. The van der Waals surface area contributed by atoms with Crippen LogP contribution >= 0.6 is 15.9 Å². The van der Waals surface area contributed by atoms with E-state index in [1.54, 1.807) is 0 Å².